The minimum atomic E-state index is -5.10. The van der Waals surface area contributed by atoms with Gasteiger partial charge in [-0.15, -0.1) is 0 Å². The number of hydrogen-bond donors (Lipinski definition) is 1. The van der Waals surface area contributed by atoms with Crippen molar-refractivity contribution >= 4 is 28.6 Å². The van der Waals surface area contributed by atoms with Crippen LogP contribution in [0.1, 0.15) is 36.1 Å². The zero-order valence-electron chi connectivity index (χ0n) is 23.5. The summed E-state index contributed by atoms with van der Waals surface area (Å²) in [6.45, 7) is 3.76. The lowest BCUT2D eigenvalue weighted by molar-refractivity contribution is -0.143. The third kappa shape index (κ3) is 6.60. The first-order chi connectivity index (χ1) is 19.8. The Bertz CT molecular complexity index is 1500. The van der Waals surface area contributed by atoms with Gasteiger partial charge in [-0.3, -0.25) is 4.79 Å². The molecule has 1 aliphatic heterocycles. The second-order valence-electron chi connectivity index (χ2n) is 10.8. The fourth-order valence-electron chi connectivity index (χ4n) is 5.00. The third-order valence-electron chi connectivity index (χ3n) is 7.46. The first-order valence-corrected chi connectivity index (χ1v) is 14.4. The van der Waals surface area contributed by atoms with Crippen LogP contribution in [0.3, 0.4) is 0 Å². The van der Waals surface area contributed by atoms with Crippen molar-refractivity contribution in [1.82, 2.24) is 4.98 Å². The minimum Gasteiger partial charge on any atom is -0.615 e. The number of aliphatic hydroxyl groups is 1. The normalized spacial score (nSPS) is 17.8. The lowest BCUT2D eigenvalue weighted by atomic mass is 9.81. The number of anilines is 2. The van der Waals surface area contributed by atoms with Gasteiger partial charge < -0.3 is 19.5 Å². The summed E-state index contributed by atoms with van der Waals surface area (Å²) in [5, 5.41) is 9.79. The molecule has 43 heavy (non-hydrogen) atoms. The SMILES string of the molecule is Cc1cc(F)ccc1-c1cc(N2C[S+]([O-])CC2CO)ncc1N(C)C(=O)C(C)(C)c1cc(C(F)(F)F)cc(C(F)(F)F)c1. The van der Waals surface area contributed by atoms with Gasteiger partial charge in [0.05, 0.1) is 35.0 Å². The van der Waals surface area contributed by atoms with E-state index in [0.29, 0.717) is 34.6 Å². The summed E-state index contributed by atoms with van der Waals surface area (Å²) in [6, 6.07) is 6.02. The summed E-state index contributed by atoms with van der Waals surface area (Å²) in [6.07, 6.45) is -8.90. The molecule has 232 valence electrons. The molecule has 1 saturated heterocycles. The average molecular weight is 632 g/mol. The summed E-state index contributed by atoms with van der Waals surface area (Å²) >= 11 is -1.26. The molecule has 2 unspecified atom stereocenters. The summed E-state index contributed by atoms with van der Waals surface area (Å²) in [5.74, 6) is -0.777. The molecule has 0 saturated carbocycles. The maximum absolute atomic E-state index is 14.0. The molecule has 2 atom stereocenters. The number of alkyl halides is 6. The molecule has 2 heterocycles. The first kappa shape index (κ1) is 32.6. The predicted molar refractivity (Wildman–Crippen MR) is 148 cm³/mol. The number of halogens is 7. The second kappa shape index (κ2) is 11.6. The highest BCUT2D eigenvalue weighted by Crippen LogP contribution is 2.41. The van der Waals surface area contributed by atoms with E-state index >= 15 is 0 Å². The predicted octanol–water partition coefficient (Wildman–Crippen LogP) is 6.06. The summed E-state index contributed by atoms with van der Waals surface area (Å²) in [5.41, 5.74) is -4.04. The van der Waals surface area contributed by atoms with E-state index in [9.17, 15) is 45.2 Å². The maximum atomic E-state index is 14.0. The van der Waals surface area contributed by atoms with Crippen LogP contribution in [0.5, 0.6) is 0 Å². The standard InChI is InChI=1S/C29H28F7N3O3S/c1-16-7-20(30)5-6-22(16)23-11-25(39-15-43(42)14-21(39)13-40)37-12-24(23)38(4)26(41)27(2,3)17-8-18(28(31,32)33)10-19(9-17)29(34,35)36/h5-12,21,40H,13-15H2,1-4H3. The van der Waals surface area contributed by atoms with Gasteiger partial charge in [0.15, 0.2) is 5.88 Å². The van der Waals surface area contributed by atoms with Crippen molar-refractivity contribution in [2.75, 3.05) is 35.1 Å². The van der Waals surface area contributed by atoms with Crippen LogP contribution in [-0.2, 0) is 33.7 Å². The Balaban J connectivity index is 1.84. The van der Waals surface area contributed by atoms with Gasteiger partial charge in [0, 0.05) is 12.6 Å². The van der Waals surface area contributed by atoms with Crippen molar-refractivity contribution in [2.24, 2.45) is 0 Å². The van der Waals surface area contributed by atoms with Crippen molar-refractivity contribution in [3.63, 3.8) is 0 Å². The average Bonchev–Trinajstić information content (AvgIpc) is 3.31. The molecule has 6 nitrogen and oxygen atoms in total. The number of amides is 1. The monoisotopic (exact) mass is 631 g/mol. The molecule has 14 heteroatoms. The van der Waals surface area contributed by atoms with Crippen molar-refractivity contribution in [3.8, 4) is 11.1 Å². The Morgan fingerprint density at radius 3 is 2.14 bits per heavy atom. The zero-order chi connectivity index (χ0) is 32.1. The molecule has 1 N–H and O–H groups in total. The quantitative estimate of drug-likeness (QED) is 0.264. The molecule has 0 radical (unpaired) electrons. The maximum Gasteiger partial charge on any atom is 0.416 e. The molecule has 3 aromatic rings. The highest BCUT2D eigenvalue weighted by atomic mass is 32.2. The molecule has 1 fully saturated rings. The fourth-order valence-corrected chi connectivity index (χ4v) is 6.47. The number of likely N-dealkylation sites (N-methyl/N-ethyl adjacent to an activating group) is 1. The van der Waals surface area contributed by atoms with E-state index in [4.69, 9.17) is 0 Å². The molecule has 1 amide bonds. The van der Waals surface area contributed by atoms with Gasteiger partial charge in [0.2, 0.25) is 5.91 Å². The van der Waals surface area contributed by atoms with E-state index in [2.05, 4.69) is 4.98 Å². The number of aryl methyl sites for hydroxylation is 1. The third-order valence-corrected chi connectivity index (χ3v) is 8.79. The minimum absolute atomic E-state index is 0.00311. The van der Waals surface area contributed by atoms with Crippen LogP contribution in [0.15, 0.2) is 48.7 Å². The van der Waals surface area contributed by atoms with E-state index in [1.165, 1.54) is 45.3 Å². The van der Waals surface area contributed by atoms with Crippen molar-refractivity contribution in [2.45, 2.75) is 44.6 Å². The van der Waals surface area contributed by atoms with E-state index < -0.39 is 63.4 Å². The van der Waals surface area contributed by atoms with Gasteiger partial charge in [-0.2, -0.15) is 26.3 Å². The molecular weight excluding hydrogens is 603 g/mol. The van der Waals surface area contributed by atoms with Crippen LogP contribution < -0.4 is 9.80 Å². The Morgan fingerprint density at radius 1 is 1.02 bits per heavy atom. The lowest BCUT2D eigenvalue weighted by Gasteiger charge is -2.32. The van der Waals surface area contributed by atoms with E-state index in [-0.39, 0.29) is 30.0 Å². The Kier molecular flexibility index (Phi) is 8.80. The molecule has 4 rings (SSSR count). The van der Waals surface area contributed by atoms with Crippen LogP contribution in [0.4, 0.5) is 42.2 Å². The van der Waals surface area contributed by atoms with Gasteiger partial charge in [-0.1, -0.05) is 6.07 Å². The Morgan fingerprint density at radius 2 is 1.60 bits per heavy atom. The lowest BCUT2D eigenvalue weighted by Crippen LogP contribution is -2.42. The molecule has 0 aliphatic carbocycles. The highest BCUT2D eigenvalue weighted by molar-refractivity contribution is 7.91. The number of pyridine rings is 1. The number of carbonyl (C=O) groups is 1. The van der Waals surface area contributed by atoms with Crippen molar-refractivity contribution in [3.05, 3.63) is 76.7 Å². The van der Waals surface area contributed by atoms with Crippen LogP contribution >= 0.6 is 0 Å². The van der Waals surface area contributed by atoms with Crippen LogP contribution in [0, 0.1) is 12.7 Å². The summed E-state index contributed by atoms with van der Waals surface area (Å²) < 4.78 is 108. The first-order valence-electron chi connectivity index (χ1n) is 12.9. The molecule has 0 spiro atoms. The number of aliphatic hydroxyl groups excluding tert-OH is 1. The molecule has 0 bridgehead atoms. The van der Waals surface area contributed by atoms with Crippen LogP contribution in [-0.4, -0.2) is 51.9 Å². The van der Waals surface area contributed by atoms with Crippen LogP contribution in [0.2, 0.25) is 0 Å². The fraction of sp³-hybridized carbons (Fsp3) is 0.379. The molecule has 1 aromatic heterocycles. The van der Waals surface area contributed by atoms with E-state index in [1.54, 1.807) is 17.9 Å². The molecule has 1 aliphatic rings. The van der Waals surface area contributed by atoms with Gasteiger partial charge in [-0.05, 0) is 85.0 Å². The van der Waals surface area contributed by atoms with E-state index in [1.807, 2.05) is 0 Å². The molecule has 2 aromatic carbocycles. The number of rotatable bonds is 6. The Hall–Kier alpha value is -3.36. The second-order valence-corrected chi connectivity index (χ2v) is 12.3. The smallest absolute Gasteiger partial charge is 0.416 e. The summed E-state index contributed by atoms with van der Waals surface area (Å²) in [4.78, 5) is 21.0. The molecular formula is C29H28F7N3O3S. The van der Waals surface area contributed by atoms with Crippen molar-refractivity contribution in [1.29, 1.82) is 0 Å². The van der Waals surface area contributed by atoms with Gasteiger partial charge >= 0.3 is 12.4 Å². The number of hydrogen-bond acceptors (Lipinski definition) is 5. The van der Waals surface area contributed by atoms with Gasteiger partial charge in [0.25, 0.3) is 0 Å². The Labute approximate surface area is 246 Å². The topological polar surface area (TPSA) is 79.7 Å². The number of benzene rings is 2. The number of carbonyl (C=O) groups excluding carboxylic acids is 1. The summed E-state index contributed by atoms with van der Waals surface area (Å²) in [7, 11) is 1.31. The largest absolute Gasteiger partial charge is 0.615 e. The van der Waals surface area contributed by atoms with E-state index in [0.717, 1.165) is 4.90 Å². The number of nitrogens with zero attached hydrogens (tertiary/aromatic N) is 3. The van der Waals surface area contributed by atoms with Crippen molar-refractivity contribution < 1.29 is 45.2 Å². The zero-order valence-corrected chi connectivity index (χ0v) is 24.3. The van der Waals surface area contributed by atoms with Crippen LogP contribution in [0.25, 0.3) is 11.1 Å². The highest BCUT2D eigenvalue weighted by Gasteiger charge is 2.42. The van der Waals surface area contributed by atoms with Gasteiger partial charge in [0.1, 0.15) is 23.4 Å². The van der Waals surface area contributed by atoms with Gasteiger partial charge in [-0.25, -0.2) is 9.37 Å². The number of aromatic nitrogens is 1.